The summed E-state index contributed by atoms with van der Waals surface area (Å²) in [6, 6.07) is 7.78. The molecule has 2 saturated heterocycles. The first kappa shape index (κ1) is 23.7. The summed E-state index contributed by atoms with van der Waals surface area (Å²) in [6.07, 6.45) is 3.75. The molecule has 4 aromatic rings. The number of nitrogens with zero attached hydrogens (tertiary/aromatic N) is 6. The highest BCUT2D eigenvalue weighted by Gasteiger charge is 2.44. The van der Waals surface area contributed by atoms with Crippen molar-refractivity contribution in [1.29, 1.82) is 0 Å². The van der Waals surface area contributed by atoms with Crippen molar-refractivity contribution in [2.45, 2.75) is 32.0 Å². The lowest BCUT2D eigenvalue weighted by atomic mass is 9.86. The Labute approximate surface area is 215 Å². The monoisotopic (exact) mass is 532 g/mol. The molecule has 188 valence electrons. The normalized spacial score (nSPS) is 20.8. The Kier molecular flexibility index (Phi) is 5.93. The van der Waals surface area contributed by atoms with Crippen LogP contribution in [0.5, 0.6) is 0 Å². The zero-order valence-corrected chi connectivity index (χ0v) is 21.0. The van der Waals surface area contributed by atoms with Gasteiger partial charge in [-0.1, -0.05) is 17.7 Å². The van der Waals surface area contributed by atoms with E-state index in [9.17, 15) is 13.2 Å². The maximum absolute atomic E-state index is 12.9. The van der Waals surface area contributed by atoms with Gasteiger partial charge in [-0.2, -0.15) is 13.2 Å². The van der Waals surface area contributed by atoms with Crippen molar-refractivity contribution in [3.8, 4) is 5.69 Å². The number of halogens is 4. The molecule has 0 radical (unpaired) electrons. The number of anilines is 1. The van der Waals surface area contributed by atoms with E-state index in [4.69, 9.17) is 11.6 Å². The smallest absolute Gasteiger partial charge is 0.355 e. The minimum absolute atomic E-state index is 0.155. The molecule has 2 fully saturated rings. The van der Waals surface area contributed by atoms with E-state index < -0.39 is 12.6 Å². The second-order valence-electron chi connectivity index (χ2n) is 9.81. The topological polar surface area (TPSA) is 50.1 Å². The van der Waals surface area contributed by atoms with Gasteiger partial charge in [0.05, 0.1) is 28.8 Å². The van der Waals surface area contributed by atoms with E-state index in [1.165, 1.54) is 11.9 Å². The maximum Gasteiger partial charge on any atom is 0.393 e. The second kappa shape index (κ2) is 9.00. The SMILES string of the molecule is FC(F)(F)Cc1cc2c(N3CC[C@@]4(CCN(Cc5ccc(-n6ccnc6)c(Cl)c5)C4)C3)ncnc2s1. The molecule has 5 heterocycles. The number of benzene rings is 1. The van der Waals surface area contributed by atoms with Crippen LogP contribution in [0.2, 0.25) is 5.02 Å². The standard InChI is InChI=1S/C25H24ClF3N6S/c26-20-9-17(1-2-21(20)35-8-5-30-16-35)12-33-6-3-24(13-33)4-7-34(14-24)22-19-10-18(11-25(27,28)29)36-23(19)32-15-31-22/h1-2,5,8-10,15-16H,3-4,6-7,11-14H2/t24-/m1/s1. The number of hydrogen-bond donors (Lipinski definition) is 0. The summed E-state index contributed by atoms with van der Waals surface area (Å²) in [4.78, 5) is 18.4. The molecular formula is C25H24ClF3N6S. The van der Waals surface area contributed by atoms with Gasteiger partial charge in [0.2, 0.25) is 0 Å². The predicted octanol–water partition coefficient (Wildman–Crippen LogP) is 5.74. The number of alkyl halides is 3. The highest BCUT2D eigenvalue weighted by Crippen LogP contribution is 2.43. The van der Waals surface area contributed by atoms with E-state index in [0.717, 1.165) is 73.8 Å². The Hall–Kier alpha value is -2.69. The van der Waals surface area contributed by atoms with Crippen LogP contribution in [0.3, 0.4) is 0 Å². The molecule has 0 amide bonds. The first-order valence-corrected chi connectivity index (χ1v) is 13.0. The van der Waals surface area contributed by atoms with Crippen LogP contribution < -0.4 is 4.90 Å². The van der Waals surface area contributed by atoms with Gasteiger partial charge in [-0.3, -0.25) is 4.90 Å². The van der Waals surface area contributed by atoms with Crippen LogP contribution in [0.15, 0.2) is 49.3 Å². The second-order valence-corrected chi connectivity index (χ2v) is 11.3. The van der Waals surface area contributed by atoms with Gasteiger partial charge in [0, 0.05) is 48.9 Å². The lowest BCUT2D eigenvalue weighted by Crippen LogP contribution is -2.31. The molecule has 0 bridgehead atoms. The molecule has 0 aliphatic carbocycles. The highest BCUT2D eigenvalue weighted by molar-refractivity contribution is 7.18. The Balaban J connectivity index is 1.14. The number of hydrogen-bond acceptors (Lipinski definition) is 6. The zero-order chi connectivity index (χ0) is 24.9. The van der Waals surface area contributed by atoms with E-state index >= 15 is 0 Å². The lowest BCUT2D eigenvalue weighted by Gasteiger charge is -2.25. The molecule has 6 nitrogen and oxygen atoms in total. The van der Waals surface area contributed by atoms with E-state index in [-0.39, 0.29) is 10.3 Å². The molecule has 1 atom stereocenters. The van der Waals surface area contributed by atoms with Crippen molar-refractivity contribution in [1.82, 2.24) is 24.4 Å². The first-order chi connectivity index (χ1) is 17.3. The third kappa shape index (κ3) is 4.69. The van der Waals surface area contributed by atoms with Crippen molar-refractivity contribution < 1.29 is 13.2 Å². The van der Waals surface area contributed by atoms with Crippen LogP contribution in [0.4, 0.5) is 19.0 Å². The van der Waals surface area contributed by atoms with Crippen molar-refractivity contribution >= 4 is 39.0 Å². The number of rotatable bonds is 5. The first-order valence-electron chi connectivity index (χ1n) is 11.8. The van der Waals surface area contributed by atoms with Gasteiger partial charge < -0.3 is 9.47 Å². The zero-order valence-electron chi connectivity index (χ0n) is 19.4. The average Bonchev–Trinajstić information content (AvgIpc) is 3.61. The Morgan fingerprint density at radius 3 is 2.72 bits per heavy atom. The van der Waals surface area contributed by atoms with Gasteiger partial charge in [0.1, 0.15) is 17.0 Å². The van der Waals surface area contributed by atoms with Crippen LogP contribution in [0.25, 0.3) is 15.9 Å². The minimum atomic E-state index is -4.23. The van der Waals surface area contributed by atoms with Crippen LogP contribution in [0, 0.1) is 5.41 Å². The molecule has 3 aromatic heterocycles. The fourth-order valence-corrected chi connectivity index (χ4v) is 6.88. The molecule has 0 N–H and O–H groups in total. The van der Waals surface area contributed by atoms with Gasteiger partial charge in [0.15, 0.2) is 0 Å². The molecule has 36 heavy (non-hydrogen) atoms. The molecule has 1 spiro atoms. The van der Waals surface area contributed by atoms with Crippen LogP contribution >= 0.6 is 22.9 Å². The average molecular weight is 533 g/mol. The summed E-state index contributed by atoms with van der Waals surface area (Å²) in [6.45, 7) is 4.49. The maximum atomic E-state index is 12.9. The van der Waals surface area contributed by atoms with E-state index in [1.54, 1.807) is 18.6 Å². The molecule has 2 aliphatic heterocycles. The molecular weight excluding hydrogens is 509 g/mol. The van der Waals surface area contributed by atoms with Crippen molar-refractivity contribution in [3.63, 3.8) is 0 Å². The van der Waals surface area contributed by atoms with Crippen LogP contribution in [-0.4, -0.2) is 56.8 Å². The van der Waals surface area contributed by atoms with E-state index in [2.05, 4.69) is 30.8 Å². The Bertz CT molecular complexity index is 1390. The van der Waals surface area contributed by atoms with Gasteiger partial charge in [-0.25, -0.2) is 15.0 Å². The van der Waals surface area contributed by atoms with Gasteiger partial charge >= 0.3 is 6.18 Å². The summed E-state index contributed by atoms with van der Waals surface area (Å²) < 4.78 is 40.6. The van der Waals surface area contributed by atoms with E-state index in [0.29, 0.717) is 9.85 Å². The summed E-state index contributed by atoms with van der Waals surface area (Å²) in [5, 5.41) is 1.42. The summed E-state index contributed by atoms with van der Waals surface area (Å²) in [5.41, 5.74) is 2.23. The number of thiophene rings is 1. The summed E-state index contributed by atoms with van der Waals surface area (Å²) >= 11 is 7.65. The van der Waals surface area contributed by atoms with Gasteiger partial charge in [0.25, 0.3) is 0 Å². The van der Waals surface area contributed by atoms with Gasteiger partial charge in [-0.15, -0.1) is 11.3 Å². The van der Waals surface area contributed by atoms with Crippen molar-refractivity contribution in [3.05, 3.63) is 64.8 Å². The molecule has 1 aromatic carbocycles. The molecule has 0 saturated carbocycles. The fourth-order valence-electron chi connectivity index (χ4n) is 5.56. The third-order valence-corrected chi connectivity index (χ3v) is 8.54. The van der Waals surface area contributed by atoms with E-state index in [1.807, 2.05) is 22.9 Å². The summed E-state index contributed by atoms with van der Waals surface area (Å²) in [5.74, 6) is 0.752. The predicted molar refractivity (Wildman–Crippen MR) is 135 cm³/mol. The molecule has 6 rings (SSSR count). The largest absolute Gasteiger partial charge is 0.393 e. The third-order valence-electron chi connectivity index (χ3n) is 7.19. The number of aromatic nitrogens is 4. The highest BCUT2D eigenvalue weighted by atomic mass is 35.5. The van der Waals surface area contributed by atoms with Crippen molar-refractivity contribution in [2.75, 3.05) is 31.1 Å². The fraction of sp³-hybridized carbons (Fsp3) is 0.400. The number of imidazole rings is 1. The van der Waals surface area contributed by atoms with Crippen LogP contribution in [0.1, 0.15) is 23.3 Å². The lowest BCUT2D eigenvalue weighted by molar-refractivity contribution is -0.126. The Morgan fingerprint density at radius 2 is 1.94 bits per heavy atom. The van der Waals surface area contributed by atoms with Crippen molar-refractivity contribution in [2.24, 2.45) is 5.41 Å². The molecule has 0 unspecified atom stereocenters. The van der Waals surface area contributed by atoms with Crippen LogP contribution in [-0.2, 0) is 13.0 Å². The molecule has 2 aliphatic rings. The number of fused-ring (bicyclic) bond motifs is 1. The minimum Gasteiger partial charge on any atom is -0.355 e. The summed E-state index contributed by atoms with van der Waals surface area (Å²) in [7, 11) is 0. The molecule has 11 heteroatoms. The quantitative estimate of drug-likeness (QED) is 0.328. The number of likely N-dealkylation sites (tertiary alicyclic amines) is 1. The van der Waals surface area contributed by atoms with Gasteiger partial charge in [-0.05, 0) is 43.1 Å². The Morgan fingerprint density at radius 1 is 1.08 bits per heavy atom.